The lowest BCUT2D eigenvalue weighted by atomic mass is 9.82. The van der Waals surface area contributed by atoms with Crippen molar-refractivity contribution in [2.75, 3.05) is 23.9 Å². The SMILES string of the molecule is CC(C)C(CBr)(CBr)COCC(F)(F)F. The average Bonchev–Trinajstić information content (AvgIpc) is 2.10. The maximum atomic E-state index is 11.9. The number of hydrogen-bond donors (Lipinski definition) is 0. The van der Waals surface area contributed by atoms with Gasteiger partial charge in [-0.1, -0.05) is 45.7 Å². The van der Waals surface area contributed by atoms with Crippen molar-refractivity contribution in [3.05, 3.63) is 0 Å². The first kappa shape index (κ1) is 15.7. The van der Waals surface area contributed by atoms with Gasteiger partial charge in [0.15, 0.2) is 0 Å². The molecule has 0 atom stereocenters. The second-order valence-electron chi connectivity index (χ2n) is 3.89. The lowest BCUT2D eigenvalue weighted by molar-refractivity contribution is -0.180. The van der Waals surface area contributed by atoms with Crippen LogP contribution in [0.25, 0.3) is 0 Å². The second kappa shape index (κ2) is 6.45. The van der Waals surface area contributed by atoms with Crippen LogP contribution >= 0.6 is 31.9 Å². The van der Waals surface area contributed by atoms with Crippen molar-refractivity contribution >= 4 is 31.9 Å². The Hall–Kier alpha value is 0.710. The van der Waals surface area contributed by atoms with E-state index in [0.717, 1.165) is 0 Å². The molecule has 0 aliphatic heterocycles. The first-order valence-electron chi connectivity index (χ1n) is 4.54. The molecule has 0 fully saturated rings. The van der Waals surface area contributed by atoms with Gasteiger partial charge in [0.2, 0.25) is 0 Å². The summed E-state index contributed by atoms with van der Waals surface area (Å²) in [5, 5.41) is 1.22. The number of ether oxygens (including phenoxy) is 1. The molecule has 0 N–H and O–H groups in total. The Morgan fingerprint density at radius 1 is 1.07 bits per heavy atom. The molecule has 0 heterocycles. The van der Waals surface area contributed by atoms with Crippen LogP contribution in [0, 0.1) is 11.3 Å². The van der Waals surface area contributed by atoms with Crippen LogP contribution in [-0.2, 0) is 4.74 Å². The Kier molecular flexibility index (Phi) is 6.75. The molecule has 0 aromatic heterocycles. The van der Waals surface area contributed by atoms with Crippen LogP contribution in [-0.4, -0.2) is 30.1 Å². The highest BCUT2D eigenvalue weighted by molar-refractivity contribution is 9.09. The zero-order valence-corrected chi connectivity index (χ0v) is 11.9. The zero-order valence-electron chi connectivity index (χ0n) is 8.70. The summed E-state index contributed by atoms with van der Waals surface area (Å²) < 4.78 is 40.4. The second-order valence-corrected chi connectivity index (χ2v) is 5.01. The van der Waals surface area contributed by atoms with Crippen LogP contribution in [0.5, 0.6) is 0 Å². The highest BCUT2D eigenvalue weighted by Crippen LogP contribution is 2.33. The molecular formula is C9H15Br2F3O. The Morgan fingerprint density at radius 2 is 1.53 bits per heavy atom. The zero-order chi connectivity index (χ0) is 12.1. The summed E-state index contributed by atoms with van der Waals surface area (Å²) in [5.41, 5.74) is -0.286. The smallest absolute Gasteiger partial charge is 0.371 e. The quantitative estimate of drug-likeness (QED) is 0.654. The van der Waals surface area contributed by atoms with Crippen LogP contribution in [0.1, 0.15) is 13.8 Å². The van der Waals surface area contributed by atoms with Crippen LogP contribution < -0.4 is 0 Å². The predicted molar refractivity (Wildman–Crippen MR) is 61.7 cm³/mol. The van der Waals surface area contributed by atoms with Crippen LogP contribution in [0.2, 0.25) is 0 Å². The van der Waals surface area contributed by atoms with Crippen molar-refractivity contribution in [2.45, 2.75) is 20.0 Å². The maximum Gasteiger partial charge on any atom is 0.411 e. The summed E-state index contributed by atoms with van der Waals surface area (Å²) in [6.07, 6.45) is -4.25. The molecule has 0 aliphatic rings. The molecule has 0 rings (SSSR count). The standard InChI is InChI=1S/C9H15Br2F3O/c1-7(2)8(3-10,4-11)5-15-6-9(12,13)14/h7H,3-6H2,1-2H3. The lowest BCUT2D eigenvalue weighted by Crippen LogP contribution is -2.37. The van der Waals surface area contributed by atoms with Crippen molar-refractivity contribution in [1.82, 2.24) is 0 Å². The van der Waals surface area contributed by atoms with Gasteiger partial charge >= 0.3 is 6.18 Å². The molecule has 15 heavy (non-hydrogen) atoms. The number of halogens is 5. The topological polar surface area (TPSA) is 9.23 Å². The van der Waals surface area contributed by atoms with Gasteiger partial charge in [0, 0.05) is 16.1 Å². The Bertz CT molecular complexity index is 179. The first-order valence-corrected chi connectivity index (χ1v) is 6.78. The van der Waals surface area contributed by atoms with E-state index in [1.165, 1.54) is 0 Å². The molecule has 0 unspecified atom stereocenters. The maximum absolute atomic E-state index is 11.9. The third kappa shape index (κ3) is 5.54. The van der Waals surface area contributed by atoms with Gasteiger partial charge in [0.1, 0.15) is 6.61 Å². The average molecular weight is 356 g/mol. The molecule has 0 radical (unpaired) electrons. The Morgan fingerprint density at radius 3 is 1.80 bits per heavy atom. The monoisotopic (exact) mass is 354 g/mol. The van der Waals surface area contributed by atoms with Crippen LogP contribution in [0.3, 0.4) is 0 Å². The van der Waals surface area contributed by atoms with Crippen LogP contribution in [0.4, 0.5) is 13.2 Å². The van der Waals surface area contributed by atoms with Gasteiger partial charge < -0.3 is 4.74 Å². The minimum atomic E-state index is -4.25. The molecule has 0 spiro atoms. The van der Waals surface area contributed by atoms with Gasteiger partial charge in [0.25, 0.3) is 0 Å². The highest BCUT2D eigenvalue weighted by Gasteiger charge is 2.34. The molecule has 0 amide bonds. The summed E-state index contributed by atoms with van der Waals surface area (Å²) in [7, 11) is 0. The molecule has 0 saturated heterocycles. The van der Waals surface area contributed by atoms with E-state index in [1.807, 2.05) is 13.8 Å². The molecular weight excluding hydrogens is 341 g/mol. The van der Waals surface area contributed by atoms with E-state index in [9.17, 15) is 13.2 Å². The van der Waals surface area contributed by atoms with E-state index < -0.39 is 12.8 Å². The largest absolute Gasteiger partial charge is 0.411 e. The Labute approximate surface area is 105 Å². The van der Waals surface area contributed by atoms with Crippen molar-refractivity contribution in [2.24, 2.45) is 11.3 Å². The Balaban J connectivity index is 4.19. The van der Waals surface area contributed by atoms with Crippen molar-refractivity contribution in [3.63, 3.8) is 0 Å². The first-order chi connectivity index (χ1) is 6.77. The lowest BCUT2D eigenvalue weighted by Gasteiger charge is -2.34. The highest BCUT2D eigenvalue weighted by atomic mass is 79.9. The van der Waals surface area contributed by atoms with Gasteiger partial charge in [-0.3, -0.25) is 0 Å². The number of hydrogen-bond acceptors (Lipinski definition) is 1. The summed E-state index contributed by atoms with van der Waals surface area (Å²) in [6.45, 7) is 2.86. The fourth-order valence-electron chi connectivity index (χ4n) is 0.958. The molecule has 92 valence electrons. The molecule has 0 aromatic rings. The summed E-state index contributed by atoms with van der Waals surface area (Å²) in [6, 6.07) is 0. The predicted octanol–water partition coefficient (Wildman–Crippen LogP) is 4.00. The molecule has 6 heteroatoms. The normalized spacial score (nSPS) is 13.6. The van der Waals surface area contributed by atoms with Crippen molar-refractivity contribution in [1.29, 1.82) is 0 Å². The third-order valence-corrected chi connectivity index (χ3v) is 4.65. The van der Waals surface area contributed by atoms with E-state index in [4.69, 9.17) is 4.74 Å². The van der Waals surface area contributed by atoms with E-state index in [-0.39, 0.29) is 17.9 Å². The van der Waals surface area contributed by atoms with Crippen LogP contribution in [0.15, 0.2) is 0 Å². The van der Waals surface area contributed by atoms with Gasteiger partial charge in [-0.25, -0.2) is 0 Å². The number of alkyl halides is 5. The molecule has 1 nitrogen and oxygen atoms in total. The minimum Gasteiger partial charge on any atom is -0.371 e. The van der Waals surface area contributed by atoms with Crippen molar-refractivity contribution < 1.29 is 17.9 Å². The van der Waals surface area contributed by atoms with E-state index in [0.29, 0.717) is 10.7 Å². The van der Waals surface area contributed by atoms with Gasteiger partial charge in [-0.05, 0) is 5.92 Å². The summed E-state index contributed by atoms with van der Waals surface area (Å²) in [5.74, 6) is 0.240. The van der Waals surface area contributed by atoms with E-state index >= 15 is 0 Å². The summed E-state index contributed by atoms with van der Waals surface area (Å²) in [4.78, 5) is 0. The molecule has 0 aliphatic carbocycles. The van der Waals surface area contributed by atoms with Gasteiger partial charge in [-0.2, -0.15) is 13.2 Å². The molecule has 0 bridgehead atoms. The van der Waals surface area contributed by atoms with E-state index in [1.54, 1.807) is 0 Å². The molecule has 0 saturated carbocycles. The van der Waals surface area contributed by atoms with Crippen molar-refractivity contribution in [3.8, 4) is 0 Å². The van der Waals surface area contributed by atoms with E-state index in [2.05, 4.69) is 31.9 Å². The molecule has 0 aromatic carbocycles. The fourth-order valence-corrected chi connectivity index (χ4v) is 3.51. The van der Waals surface area contributed by atoms with Gasteiger partial charge in [-0.15, -0.1) is 0 Å². The van der Waals surface area contributed by atoms with Gasteiger partial charge in [0.05, 0.1) is 6.61 Å². The fraction of sp³-hybridized carbons (Fsp3) is 1.00. The summed E-state index contributed by atoms with van der Waals surface area (Å²) >= 11 is 6.65. The number of rotatable bonds is 6. The minimum absolute atomic E-state index is 0.0979. The third-order valence-electron chi connectivity index (χ3n) is 2.41.